The molecular weight excluding hydrogens is 1180 g/mol. The SMILES string of the molecule is CCCCC(C)C1CC(=O)N(CCCCCC(=O)N[C@H](C(=O)N[C@@H](CCCNC(N)=O)C(=O)Nc2ccc(NC(=O)O[C@H]3CC(=O)N(C)c4cc(cc(OC)c4Cl)C/C(C)=C/C=C/[C@@H](OC)[C@@]4(O)C[C@H](OC(=O)N4)[C@@H](C)[C@@H]4O[C@@]34C)c(Cl)c2)C(C)C)C1=O. The van der Waals surface area contributed by atoms with Crippen LogP contribution in [0.3, 0.4) is 0 Å². The molecule has 2 aromatic carbocycles. The zero-order valence-corrected chi connectivity index (χ0v) is 53.4. The Hall–Kier alpha value is -6.99. The number of urea groups is 1. The number of carbonyl (C=O) groups is 9. The van der Waals surface area contributed by atoms with E-state index in [1.807, 2.05) is 19.9 Å². The fraction of sp³-hybridized carbons (Fsp3) is 0.597. The molecule has 0 radical (unpaired) electrons. The molecule has 0 saturated carbocycles. The molecule has 3 saturated heterocycles. The number of nitrogens with two attached hydrogens (primary N) is 1. The second-order valence-corrected chi connectivity index (χ2v) is 24.7. The predicted molar refractivity (Wildman–Crippen MR) is 330 cm³/mol. The highest BCUT2D eigenvalue weighted by molar-refractivity contribution is 6.35. The van der Waals surface area contributed by atoms with Crippen molar-refractivity contribution in [3.8, 4) is 5.75 Å². The normalized spacial score (nSPS) is 25.8. The summed E-state index contributed by atoms with van der Waals surface area (Å²) in [6.45, 7) is 13.2. The van der Waals surface area contributed by atoms with Crippen molar-refractivity contribution in [3.05, 3.63) is 69.7 Å². The summed E-state index contributed by atoms with van der Waals surface area (Å²) in [4.78, 5) is 123. The van der Waals surface area contributed by atoms with Gasteiger partial charge in [-0.15, -0.1) is 0 Å². The molecule has 11 atom stereocenters. The van der Waals surface area contributed by atoms with Gasteiger partial charge in [0.1, 0.15) is 46.8 Å². The molecule has 4 bridgehead atoms. The molecule has 2 unspecified atom stereocenters. The molecule has 24 nitrogen and oxygen atoms in total. The van der Waals surface area contributed by atoms with E-state index in [4.69, 9.17) is 52.6 Å². The number of fused-ring (bicyclic) bond motifs is 5. The Kier molecular flexibility index (Phi) is 25.1. The van der Waals surface area contributed by atoms with Crippen LogP contribution in [0.15, 0.2) is 54.1 Å². The van der Waals surface area contributed by atoms with Crippen LogP contribution in [0.25, 0.3) is 0 Å². The number of hydrogen-bond acceptors (Lipinski definition) is 15. The quantitative estimate of drug-likeness (QED) is 0.0282. The van der Waals surface area contributed by atoms with Gasteiger partial charge in [-0.05, 0) is 100 Å². The summed E-state index contributed by atoms with van der Waals surface area (Å²) < 4.78 is 29.4. The first-order valence-corrected chi connectivity index (χ1v) is 30.8. The van der Waals surface area contributed by atoms with E-state index in [9.17, 15) is 48.3 Å². The molecule has 3 fully saturated rings. The molecule has 484 valence electrons. The third kappa shape index (κ3) is 18.3. The van der Waals surface area contributed by atoms with Gasteiger partial charge in [-0.1, -0.05) is 101 Å². The van der Waals surface area contributed by atoms with Gasteiger partial charge in [0.15, 0.2) is 5.72 Å². The summed E-state index contributed by atoms with van der Waals surface area (Å²) in [5.41, 5.74) is 4.12. The molecule has 9 N–H and O–H groups in total. The van der Waals surface area contributed by atoms with Crippen LogP contribution in [-0.2, 0) is 54.1 Å². The van der Waals surface area contributed by atoms with E-state index in [2.05, 4.69) is 38.8 Å². The second-order valence-electron chi connectivity index (χ2n) is 23.9. The molecule has 0 aliphatic carbocycles. The van der Waals surface area contributed by atoms with Crippen molar-refractivity contribution >= 4 is 93.9 Å². The number of amides is 10. The summed E-state index contributed by atoms with van der Waals surface area (Å²) in [5.74, 6) is -3.45. The number of hydrogen-bond donors (Lipinski definition) is 8. The van der Waals surface area contributed by atoms with Crippen LogP contribution >= 0.6 is 23.2 Å². The minimum Gasteiger partial charge on any atom is -0.495 e. The standard InChI is InChI=1S/C62H87Cl2N9O15/c1-11-12-19-36(5)40-31-51(76)73(57(40)79)26-15-13-14-22-49(74)70-53(34(2)3)56(78)68-43(20-17-25-66-58(65)80)55(77)67-39-23-24-42(41(63)30-39)69-59(81)87-48-32-50(75)72(8)44-28-38(29-45(84-9)52(44)64)27-35(4)18-16-21-47(85-10)62(83)33-46(86-60(82)71-62)37(6)54-61(48,7)88-54/h16,18,21,23-24,28-30,34,36-37,40,43,46-48,53-54,83H,11-15,17,19-20,22,25-27,31-33H2,1-10H3,(H,67,77)(H,68,78)(H,69,81)(H,70,74)(H,71,82)(H3,65,66,80)/b21-16+,35-18+/t36?,37-,40?,43+,46+,47-,48+,53+,54+,61+,62+/m1/s1. The van der Waals surface area contributed by atoms with Crippen LogP contribution in [0, 0.1) is 23.7 Å². The van der Waals surface area contributed by atoms with E-state index >= 15 is 0 Å². The topological polar surface area (TPSA) is 328 Å². The number of allylic oxidation sites excluding steroid dienone is 3. The summed E-state index contributed by atoms with van der Waals surface area (Å²) in [7, 11) is 4.38. The number of ether oxygens (including phenoxy) is 5. The third-order valence-corrected chi connectivity index (χ3v) is 17.5. The fourth-order valence-corrected chi connectivity index (χ4v) is 12.0. The smallest absolute Gasteiger partial charge is 0.412 e. The van der Waals surface area contributed by atoms with E-state index in [1.165, 1.54) is 49.3 Å². The van der Waals surface area contributed by atoms with Crippen molar-refractivity contribution in [2.24, 2.45) is 29.4 Å². The van der Waals surface area contributed by atoms with Crippen LogP contribution in [0.5, 0.6) is 5.75 Å². The molecule has 88 heavy (non-hydrogen) atoms. The molecule has 6 rings (SSSR count). The number of unbranched alkanes of at least 4 members (excludes halogenated alkanes) is 3. The third-order valence-electron chi connectivity index (χ3n) is 16.8. The Morgan fingerprint density at radius 2 is 1.67 bits per heavy atom. The van der Waals surface area contributed by atoms with Crippen molar-refractivity contribution in [2.75, 3.05) is 49.9 Å². The first-order chi connectivity index (χ1) is 41.6. The number of anilines is 3. The van der Waals surface area contributed by atoms with Crippen molar-refractivity contribution < 1.29 is 71.9 Å². The lowest BCUT2D eigenvalue weighted by Gasteiger charge is -2.42. The van der Waals surface area contributed by atoms with Gasteiger partial charge < -0.3 is 60.7 Å². The van der Waals surface area contributed by atoms with Gasteiger partial charge in [0.05, 0.1) is 36.0 Å². The van der Waals surface area contributed by atoms with Crippen molar-refractivity contribution in [3.63, 3.8) is 0 Å². The maximum Gasteiger partial charge on any atom is 0.412 e. The van der Waals surface area contributed by atoms with Crippen LogP contribution in [-0.4, -0.2) is 146 Å². The van der Waals surface area contributed by atoms with Crippen LogP contribution in [0.1, 0.15) is 131 Å². The Bertz CT molecular complexity index is 2960. The van der Waals surface area contributed by atoms with Gasteiger partial charge in [0.2, 0.25) is 35.4 Å². The summed E-state index contributed by atoms with van der Waals surface area (Å²) in [6.07, 6.45) is 3.95. The Balaban J connectivity index is 1.13. The maximum atomic E-state index is 14.4. The Morgan fingerprint density at radius 1 is 0.932 bits per heavy atom. The van der Waals surface area contributed by atoms with Gasteiger partial charge in [0.25, 0.3) is 0 Å². The summed E-state index contributed by atoms with van der Waals surface area (Å²) in [6, 6.07) is 4.66. The summed E-state index contributed by atoms with van der Waals surface area (Å²) >= 11 is 13.6. The number of alkyl carbamates (subject to hydrolysis) is 1. The van der Waals surface area contributed by atoms with Crippen molar-refractivity contribution in [2.45, 2.75) is 180 Å². The zero-order valence-electron chi connectivity index (χ0n) is 51.9. The molecule has 4 aliphatic rings. The first kappa shape index (κ1) is 70.1. The molecule has 26 heteroatoms. The van der Waals surface area contributed by atoms with E-state index in [-0.39, 0.29) is 90.3 Å². The number of benzene rings is 2. The van der Waals surface area contributed by atoms with Gasteiger partial charge in [-0.3, -0.25) is 44.3 Å². The average molecular weight is 1270 g/mol. The highest BCUT2D eigenvalue weighted by Crippen LogP contribution is 2.49. The molecule has 0 aromatic heterocycles. The highest BCUT2D eigenvalue weighted by Gasteiger charge is 2.64. The van der Waals surface area contributed by atoms with E-state index in [0.29, 0.717) is 37.1 Å². The molecule has 4 aliphatic heterocycles. The van der Waals surface area contributed by atoms with Crippen LogP contribution in [0.2, 0.25) is 10.0 Å². The van der Waals surface area contributed by atoms with Crippen molar-refractivity contribution in [1.29, 1.82) is 0 Å². The largest absolute Gasteiger partial charge is 0.495 e. The Labute approximate surface area is 524 Å². The number of carbonyl (C=O) groups excluding carboxylic acids is 9. The number of nitrogens with one attached hydrogen (secondary N) is 6. The number of rotatable bonds is 24. The molecule has 4 heterocycles. The van der Waals surface area contributed by atoms with E-state index in [1.54, 1.807) is 52.0 Å². The number of nitrogens with zero attached hydrogens (tertiary/aromatic N) is 2. The second kappa shape index (κ2) is 31.5. The minimum atomic E-state index is -1.91. The molecule has 0 spiro atoms. The molecule has 10 amide bonds. The van der Waals surface area contributed by atoms with Crippen molar-refractivity contribution in [1.82, 2.24) is 26.2 Å². The van der Waals surface area contributed by atoms with Gasteiger partial charge in [-0.2, -0.15) is 0 Å². The Morgan fingerprint density at radius 3 is 2.34 bits per heavy atom. The summed E-state index contributed by atoms with van der Waals surface area (Å²) in [5, 5.41) is 27.9. The monoisotopic (exact) mass is 1270 g/mol. The number of likely N-dealkylation sites (tertiary alicyclic amines) is 1. The molecule has 2 aromatic rings. The number of aliphatic hydroxyl groups is 1. The number of primary amides is 1. The lowest BCUT2D eigenvalue weighted by atomic mass is 9.83. The van der Waals surface area contributed by atoms with Gasteiger partial charge >= 0.3 is 18.2 Å². The average Bonchev–Trinajstić information content (AvgIpc) is 1.68. The van der Waals surface area contributed by atoms with E-state index in [0.717, 1.165) is 30.4 Å². The maximum absolute atomic E-state index is 14.4. The van der Waals surface area contributed by atoms with Gasteiger partial charge in [0, 0.05) is 64.0 Å². The molecular formula is C62H87Cl2N9O15. The fourth-order valence-electron chi connectivity index (χ4n) is 11.5. The zero-order chi connectivity index (χ0) is 64.8. The predicted octanol–water partition coefficient (Wildman–Crippen LogP) is 7.80. The number of imide groups is 1. The lowest BCUT2D eigenvalue weighted by molar-refractivity contribution is -0.142. The van der Waals surface area contributed by atoms with Crippen LogP contribution < -0.4 is 47.3 Å². The number of methoxy groups -OCH3 is 2. The number of epoxide rings is 1. The van der Waals surface area contributed by atoms with Crippen LogP contribution in [0.4, 0.5) is 31.4 Å². The van der Waals surface area contributed by atoms with Gasteiger partial charge in [-0.25, -0.2) is 14.4 Å². The minimum absolute atomic E-state index is 0.0278. The highest BCUT2D eigenvalue weighted by atomic mass is 35.5. The lowest BCUT2D eigenvalue weighted by Crippen LogP contribution is -2.63. The number of halogens is 2. The van der Waals surface area contributed by atoms with E-state index < -0.39 is 108 Å². The first-order valence-electron chi connectivity index (χ1n) is 30.1.